The fraction of sp³-hybridized carbons (Fsp3) is 1.00. The van der Waals surface area contributed by atoms with Crippen molar-refractivity contribution in [2.24, 2.45) is 5.92 Å². The first-order chi connectivity index (χ1) is 8.28. The summed E-state index contributed by atoms with van der Waals surface area (Å²) in [4.78, 5) is 2.36. The fourth-order valence-electron chi connectivity index (χ4n) is 2.35. The average Bonchev–Trinajstić information content (AvgIpc) is 2.24. The number of ether oxygens (including phenoxy) is 1. The van der Waals surface area contributed by atoms with Gasteiger partial charge in [0.25, 0.3) is 0 Å². The molecule has 108 valence electrons. The molecule has 0 amide bonds. The highest BCUT2D eigenvalue weighted by molar-refractivity contribution is 4.82. The molecule has 4 heteroatoms. The molecular weight excluding hydrogens is 228 g/mol. The van der Waals surface area contributed by atoms with Crippen molar-refractivity contribution in [2.75, 3.05) is 33.3 Å². The van der Waals surface area contributed by atoms with E-state index in [1.807, 2.05) is 20.8 Å². The number of likely N-dealkylation sites (tertiary alicyclic amines) is 1. The van der Waals surface area contributed by atoms with E-state index in [0.717, 1.165) is 19.5 Å². The Morgan fingerprint density at radius 3 is 2.67 bits per heavy atom. The Labute approximate surface area is 112 Å². The van der Waals surface area contributed by atoms with Crippen LogP contribution in [0.4, 0.5) is 0 Å². The number of piperidine rings is 1. The summed E-state index contributed by atoms with van der Waals surface area (Å²) >= 11 is 0. The van der Waals surface area contributed by atoms with Crippen LogP contribution in [0.15, 0.2) is 0 Å². The third kappa shape index (κ3) is 6.14. The van der Waals surface area contributed by atoms with Gasteiger partial charge in [0.05, 0.1) is 18.3 Å². The van der Waals surface area contributed by atoms with Crippen LogP contribution in [0.25, 0.3) is 0 Å². The lowest BCUT2D eigenvalue weighted by atomic mass is 9.94. The molecule has 4 nitrogen and oxygen atoms in total. The molecule has 0 aromatic carbocycles. The zero-order valence-electron chi connectivity index (χ0n) is 12.6. The smallest absolute Gasteiger partial charge is 0.0898 e. The van der Waals surface area contributed by atoms with Crippen molar-refractivity contribution >= 4 is 0 Å². The Hall–Kier alpha value is -0.160. The predicted octanol–water partition coefficient (Wildman–Crippen LogP) is 1.09. The molecule has 0 spiro atoms. The van der Waals surface area contributed by atoms with E-state index >= 15 is 0 Å². The molecule has 3 unspecified atom stereocenters. The van der Waals surface area contributed by atoms with Crippen molar-refractivity contribution in [2.45, 2.75) is 51.9 Å². The van der Waals surface area contributed by atoms with Crippen LogP contribution < -0.4 is 5.32 Å². The van der Waals surface area contributed by atoms with Gasteiger partial charge in [0.2, 0.25) is 0 Å². The molecule has 2 N–H and O–H groups in total. The Bertz CT molecular complexity index is 240. The maximum atomic E-state index is 9.88. The van der Waals surface area contributed by atoms with Crippen molar-refractivity contribution in [1.29, 1.82) is 0 Å². The maximum Gasteiger partial charge on any atom is 0.0898 e. The molecule has 1 aliphatic rings. The van der Waals surface area contributed by atoms with Crippen LogP contribution in [0.3, 0.4) is 0 Å². The molecule has 1 rings (SSSR count). The molecule has 18 heavy (non-hydrogen) atoms. The van der Waals surface area contributed by atoms with Gasteiger partial charge in [-0.1, -0.05) is 6.92 Å². The molecule has 1 fully saturated rings. The van der Waals surface area contributed by atoms with Crippen molar-refractivity contribution in [3.05, 3.63) is 0 Å². The summed E-state index contributed by atoms with van der Waals surface area (Å²) in [6.45, 7) is 11.6. The van der Waals surface area contributed by atoms with E-state index in [0.29, 0.717) is 25.1 Å². The van der Waals surface area contributed by atoms with Gasteiger partial charge in [-0.05, 0) is 46.7 Å². The minimum atomic E-state index is -0.420. The topological polar surface area (TPSA) is 44.7 Å². The molecule has 1 aliphatic heterocycles. The third-order valence-electron chi connectivity index (χ3n) is 3.43. The number of nitrogens with one attached hydrogen (secondary N) is 1. The van der Waals surface area contributed by atoms with Gasteiger partial charge < -0.3 is 20.1 Å². The Morgan fingerprint density at radius 1 is 1.44 bits per heavy atom. The summed E-state index contributed by atoms with van der Waals surface area (Å²) in [6.07, 6.45) is 0.737. The summed E-state index contributed by atoms with van der Waals surface area (Å²) in [7, 11) is 2.17. The summed E-state index contributed by atoms with van der Waals surface area (Å²) in [6, 6.07) is 0.519. The molecule has 0 saturated carbocycles. The third-order valence-corrected chi connectivity index (χ3v) is 3.43. The molecular formula is C14H30N2O2. The molecule has 0 radical (unpaired) electrons. The lowest BCUT2D eigenvalue weighted by Gasteiger charge is -2.35. The first kappa shape index (κ1) is 15.9. The van der Waals surface area contributed by atoms with Gasteiger partial charge >= 0.3 is 0 Å². The van der Waals surface area contributed by atoms with Gasteiger partial charge in [-0.25, -0.2) is 0 Å². The van der Waals surface area contributed by atoms with Crippen LogP contribution in [0.5, 0.6) is 0 Å². The highest BCUT2D eigenvalue weighted by Gasteiger charge is 2.24. The molecule has 0 aromatic rings. The van der Waals surface area contributed by atoms with Gasteiger partial charge in [-0.3, -0.25) is 0 Å². The van der Waals surface area contributed by atoms with E-state index < -0.39 is 6.10 Å². The lowest BCUT2D eigenvalue weighted by Crippen LogP contribution is -2.49. The molecule has 1 saturated heterocycles. The van der Waals surface area contributed by atoms with E-state index in [2.05, 4.69) is 24.2 Å². The number of hydrogen-bond donors (Lipinski definition) is 2. The van der Waals surface area contributed by atoms with Gasteiger partial charge in [-0.15, -0.1) is 0 Å². The lowest BCUT2D eigenvalue weighted by molar-refractivity contribution is -0.0490. The van der Waals surface area contributed by atoms with E-state index in [1.165, 1.54) is 0 Å². The highest BCUT2D eigenvalue weighted by atomic mass is 16.5. The second kappa shape index (κ2) is 6.85. The Morgan fingerprint density at radius 2 is 2.11 bits per heavy atom. The second-order valence-corrected chi connectivity index (χ2v) is 6.62. The number of rotatable bonds is 5. The zero-order valence-corrected chi connectivity index (χ0v) is 12.6. The van der Waals surface area contributed by atoms with E-state index in [9.17, 15) is 5.11 Å². The summed E-state index contributed by atoms with van der Waals surface area (Å²) in [5, 5.41) is 13.4. The number of nitrogens with zero attached hydrogens (tertiary/aromatic N) is 1. The van der Waals surface area contributed by atoms with Gasteiger partial charge in [0.1, 0.15) is 0 Å². The standard InChI is InChI=1S/C14H30N2O2/c1-11-9-16(5)7-6-13(11)15-8-12(17)10-18-14(2,3)4/h11-13,15,17H,6-10H2,1-5H3. The molecule has 0 bridgehead atoms. The number of aliphatic hydroxyl groups excluding tert-OH is 1. The summed E-state index contributed by atoms with van der Waals surface area (Å²) in [5.74, 6) is 0.638. The number of hydrogen-bond acceptors (Lipinski definition) is 4. The van der Waals surface area contributed by atoms with Crippen molar-refractivity contribution in [3.63, 3.8) is 0 Å². The first-order valence-electron chi connectivity index (χ1n) is 7.02. The quantitative estimate of drug-likeness (QED) is 0.775. The molecule has 0 aliphatic carbocycles. The second-order valence-electron chi connectivity index (χ2n) is 6.62. The molecule has 3 atom stereocenters. The largest absolute Gasteiger partial charge is 0.389 e. The van der Waals surface area contributed by atoms with Crippen molar-refractivity contribution < 1.29 is 9.84 Å². The zero-order chi connectivity index (χ0) is 13.8. The predicted molar refractivity (Wildman–Crippen MR) is 74.8 cm³/mol. The van der Waals surface area contributed by atoms with Crippen LogP contribution in [0.2, 0.25) is 0 Å². The highest BCUT2D eigenvalue weighted by Crippen LogP contribution is 2.15. The first-order valence-corrected chi connectivity index (χ1v) is 7.02. The monoisotopic (exact) mass is 258 g/mol. The molecule has 1 heterocycles. The van der Waals surface area contributed by atoms with Gasteiger partial charge in [-0.2, -0.15) is 0 Å². The van der Waals surface area contributed by atoms with E-state index in [-0.39, 0.29) is 5.60 Å². The van der Waals surface area contributed by atoms with Crippen LogP contribution in [-0.4, -0.2) is 61.0 Å². The van der Waals surface area contributed by atoms with Crippen molar-refractivity contribution in [3.8, 4) is 0 Å². The van der Waals surface area contributed by atoms with Crippen LogP contribution in [0.1, 0.15) is 34.1 Å². The number of aliphatic hydroxyl groups is 1. The fourth-order valence-corrected chi connectivity index (χ4v) is 2.35. The van der Waals surface area contributed by atoms with Crippen LogP contribution in [-0.2, 0) is 4.74 Å². The van der Waals surface area contributed by atoms with E-state index in [1.54, 1.807) is 0 Å². The Kier molecular flexibility index (Phi) is 6.05. The van der Waals surface area contributed by atoms with E-state index in [4.69, 9.17) is 4.74 Å². The van der Waals surface area contributed by atoms with Gasteiger partial charge in [0.15, 0.2) is 0 Å². The minimum absolute atomic E-state index is 0.179. The van der Waals surface area contributed by atoms with Crippen molar-refractivity contribution in [1.82, 2.24) is 10.2 Å². The summed E-state index contributed by atoms with van der Waals surface area (Å²) < 4.78 is 5.58. The van der Waals surface area contributed by atoms with Crippen LogP contribution >= 0.6 is 0 Å². The van der Waals surface area contributed by atoms with Crippen LogP contribution in [0, 0.1) is 5.92 Å². The summed E-state index contributed by atoms with van der Waals surface area (Å²) in [5.41, 5.74) is -0.179. The minimum Gasteiger partial charge on any atom is -0.389 e. The SMILES string of the molecule is CC1CN(C)CCC1NCC(O)COC(C)(C)C. The van der Waals surface area contributed by atoms with Gasteiger partial charge in [0, 0.05) is 19.1 Å². The molecule has 0 aromatic heterocycles. The average molecular weight is 258 g/mol. The Balaban J connectivity index is 2.20. The normalized spacial score (nSPS) is 28.3. The maximum absolute atomic E-state index is 9.88.